The fourth-order valence-corrected chi connectivity index (χ4v) is 3.16. The van der Waals surface area contributed by atoms with Gasteiger partial charge < -0.3 is 19.8 Å². The topological polar surface area (TPSA) is 80.3 Å². The fraction of sp³-hybridized carbons (Fsp3) is 0.917. The van der Waals surface area contributed by atoms with Gasteiger partial charge in [-0.3, -0.25) is 0 Å². The first-order chi connectivity index (χ1) is 13.5. The number of aliphatic carboxylic acids is 2. The number of carbonyl (C=O) groups excluding carboxylic acids is 2. The molecule has 0 aliphatic heterocycles. The van der Waals surface area contributed by atoms with Crippen molar-refractivity contribution >= 4 is 11.9 Å². The first-order valence-corrected chi connectivity index (χ1v) is 11.9. The molecule has 0 spiro atoms. The third-order valence-corrected chi connectivity index (χ3v) is 4.97. The Balaban J connectivity index is -0.000000211. The van der Waals surface area contributed by atoms with Crippen LogP contribution in [0.2, 0.25) is 0 Å². The van der Waals surface area contributed by atoms with Gasteiger partial charge in [0, 0.05) is 11.9 Å². The van der Waals surface area contributed by atoms with Crippen LogP contribution in [0.4, 0.5) is 0 Å². The molecule has 0 N–H and O–H groups in total. The molecule has 0 bridgehead atoms. The molecule has 0 aliphatic carbocycles. The summed E-state index contributed by atoms with van der Waals surface area (Å²) < 4.78 is 0. The number of unbranched alkanes of at least 4 members (excludes halogenated alkanes) is 16. The van der Waals surface area contributed by atoms with Crippen molar-refractivity contribution in [3.05, 3.63) is 0 Å². The largest absolute Gasteiger partial charge is 1.00 e. The van der Waals surface area contributed by atoms with Gasteiger partial charge in [0.1, 0.15) is 0 Å². The third-order valence-electron chi connectivity index (χ3n) is 4.97. The van der Waals surface area contributed by atoms with Gasteiger partial charge in [0.15, 0.2) is 0 Å². The Morgan fingerprint density at radius 3 is 0.867 bits per heavy atom. The molecule has 0 aromatic rings. The van der Waals surface area contributed by atoms with Gasteiger partial charge in [-0.25, -0.2) is 0 Å². The van der Waals surface area contributed by atoms with E-state index in [9.17, 15) is 19.8 Å². The molecule has 0 aromatic carbocycles. The predicted octanol–water partition coefficient (Wildman–Crippen LogP) is -0.678. The second-order valence-electron chi connectivity index (χ2n) is 7.90. The van der Waals surface area contributed by atoms with Crippen molar-refractivity contribution in [2.75, 3.05) is 0 Å². The standard InChI is InChI=1S/2C12H24O2.K.Li/c2*1-2-3-4-5-6-7-8-9-10-11-12(13)14;;/h2*2-11H2,1H3,(H,13,14);;/q;;2*+1/p-2. The van der Waals surface area contributed by atoms with Crippen LogP contribution in [-0.2, 0) is 9.59 Å². The Labute approximate surface area is 241 Å². The van der Waals surface area contributed by atoms with Crippen LogP contribution >= 0.6 is 0 Å². The zero-order valence-corrected chi connectivity index (χ0v) is 23.9. The number of carboxylic acids is 2. The van der Waals surface area contributed by atoms with Crippen LogP contribution in [0, 0.1) is 0 Å². The average molecular weight is 445 g/mol. The summed E-state index contributed by atoms with van der Waals surface area (Å²) >= 11 is 0. The Bertz CT molecular complexity index is 309. The monoisotopic (exact) mass is 444 g/mol. The zero-order valence-electron chi connectivity index (χ0n) is 20.8. The van der Waals surface area contributed by atoms with E-state index >= 15 is 0 Å². The molecule has 0 aromatic heterocycles. The average Bonchev–Trinajstić information content (AvgIpc) is 2.65. The second-order valence-corrected chi connectivity index (χ2v) is 7.90. The van der Waals surface area contributed by atoms with E-state index in [1.54, 1.807) is 0 Å². The molecule has 0 unspecified atom stereocenters. The molecule has 0 saturated heterocycles. The minimum absolute atomic E-state index is 0. The molecule has 0 amide bonds. The van der Waals surface area contributed by atoms with Gasteiger partial charge in [-0.05, 0) is 25.7 Å². The fourth-order valence-electron chi connectivity index (χ4n) is 3.16. The number of carbonyl (C=O) groups is 2. The normalized spacial score (nSPS) is 9.67. The van der Waals surface area contributed by atoms with E-state index in [1.807, 2.05) is 0 Å². The van der Waals surface area contributed by atoms with Crippen LogP contribution in [-0.4, -0.2) is 11.9 Å². The van der Waals surface area contributed by atoms with Crippen molar-refractivity contribution in [2.24, 2.45) is 0 Å². The van der Waals surface area contributed by atoms with Crippen molar-refractivity contribution in [2.45, 2.75) is 142 Å². The maximum Gasteiger partial charge on any atom is 1.00 e. The van der Waals surface area contributed by atoms with E-state index in [4.69, 9.17) is 0 Å². The Kier molecular flexibility index (Phi) is 44.6. The van der Waals surface area contributed by atoms with Crippen LogP contribution in [0.25, 0.3) is 0 Å². The number of rotatable bonds is 20. The summed E-state index contributed by atoms with van der Waals surface area (Å²) in [4.78, 5) is 20.2. The molecule has 0 heterocycles. The van der Waals surface area contributed by atoms with Gasteiger partial charge in [-0.2, -0.15) is 0 Å². The SMILES string of the molecule is CCCCCCCCCCCC(=O)[O-].CCCCCCCCCCCC(=O)[O-].[K+].[Li+]. The van der Waals surface area contributed by atoms with Crippen molar-refractivity contribution in [3.8, 4) is 0 Å². The third kappa shape index (κ3) is 43.1. The molecule has 0 rings (SSSR count). The molecular weight excluding hydrogens is 398 g/mol. The first kappa shape index (κ1) is 38.4. The number of hydrogen-bond acceptors (Lipinski definition) is 4. The molecule has 4 nitrogen and oxygen atoms in total. The summed E-state index contributed by atoms with van der Waals surface area (Å²) in [5.41, 5.74) is 0. The van der Waals surface area contributed by atoms with Gasteiger partial charge in [-0.1, -0.05) is 117 Å². The summed E-state index contributed by atoms with van der Waals surface area (Å²) in [6.07, 6.45) is 22.3. The van der Waals surface area contributed by atoms with Gasteiger partial charge in [-0.15, -0.1) is 0 Å². The summed E-state index contributed by atoms with van der Waals surface area (Å²) in [5, 5.41) is 20.2. The van der Waals surface area contributed by atoms with E-state index < -0.39 is 11.9 Å². The minimum atomic E-state index is -0.909. The maximum atomic E-state index is 10.1. The molecular formula is C24H46KLiO4. The predicted molar refractivity (Wildman–Crippen MR) is 114 cm³/mol. The smallest absolute Gasteiger partial charge is 0.550 e. The van der Waals surface area contributed by atoms with Crippen LogP contribution in [0.5, 0.6) is 0 Å². The summed E-state index contributed by atoms with van der Waals surface area (Å²) in [6.45, 7) is 4.44. The quantitative estimate of drug-likeness (QED) is 0.184. The number of hydrogen-bond donors (Lipinski definition) is 0. The van der Waals surface area contributed by atoms with E-state index in [-0.39, 0.29) is 83.1 Å². The van der Waals surface area contributed by atoms with Crippen molar-refractivity contribution < 1.29 is 90.0 Å². The molecule has 6 heteroatoms. The zero-order chi connectivity index (χ0) is 21.3. The van der Waals surface area contributed by atoms with Gasteiger partial charge in [0.2, 0.25) is 0 Å². The molecule has 168 valence electrons. The van der Waals surface area contributed by atoms with E-state index in [0.29, 0.717) is 0 Å². The van der Waals surface area contributed by atoms with E-state index in [1.165, 1.54) is 89.9 Å². The molecule has 0 saturated carbocycles. The van der Waals surface area contributed by atoms with Gasteiger partial charge >= 0.3 is 70.2 Å². The van der Waals surface area contributed by atoms with Gasteiger partial charge in [0.05, 0.1) is 0 Å². The second kappa shape index (κ2) is 34.8. The van der Waals surface area contributed by atoms with E-state index in [2.05, 4.69) is 13.8 Å². The molecule has 0 atom stereocenters. The van der Waals surface area contributed by atoms with Crippen LogP contribution in [0.3, 0.4) is 0 Å². The maximum absolute atomic E-state index is 10.1. The molecule has 0 aliphatic rings. The molecule has 0 radical (unpaired) electrons. The van der Waals surface area contributed by atoms with Crippen LogP contribution in [0.15, 0.2) is 0 Å². The van der Waals surface area contributed by atoms with Crippen LogP contribution in [0.1, 0.15) is 142 Å². The van der Waals surface area contributed by atoms with Crippen LogP contribution < -0.4 is 80.5 Å². The summed E-state index contributed by atoms with van der Waals surface area (Å²) in [5.74, 6) is -1.82. The Hall–Kier alpha value is 1.17. The molecule has 0 fully saturated rings. The van der Waals surface area contributed by atoms with Crippen molar-refractivity contribution in [1.29, 1.82) is 0 Å². The minimum Gasteiger partial charge on any atom is -0.550 e. The Morgan fingerprint density at radius 2 is 0.667 bits per heavy atom. The first-order valence-electron chi connectivity index (χ1n) is 11.9. The Morgan fingerprint density at radius 1 is 0.467 bits per heavy atom. The summed E-state index contributed by atoms with van der Waals surface area (Å²) in [6, 6.07) is 0. The molecule has 30 heavy (non-hydrogen) atoms. The van der Waals surface area contributed by atoms with Gasteiger partial charge in [0.25, 0.3) is 0 Å². The van der Waals surface area contributed by atoms with E-state index in [0.717, 1.165) is 25.7 Å². The number of carboxylic acid groups (broad SMARTS) is 2. The van der Waals surface area contributed by atoms with Crippen molar-refractivity contribution in [3.63, 3.8) is 0 Å². The summed E-state index contributed by atoms with van der Waals surface area (Å²) in [7, 11) is 0. The van der Waals surface area contributed by atoms with Crippen molar-refractivity contribution in [1.82, 2.24) is 0 Å².